The minimum atomic E-state index is -0.873. The van der Waals surface area contributed by atoms with E-state index in [9.17, 15) is 24.8 Å². The lowest BCUT2D eigenvalue weighted by Crippen LogP contribution is -2.40. The maximum Gasteiger partial charge on any atom is 0.338 e. The number of carbonyl (C=O) groups excluding carboxylic acids is 1. The summed E-state index contributed by atoms with van der Waals surface area (Å²) in [6, 6.07) is 10.2. The summed E-state index contributed by atoms with van der Waals surface area (Å²) in [6.07, 6.45) is 1.37. The topological polar surface area (TPSA) is 133 Å². The van der Waals surface area contributed by atoms with Crippen molar-refractivity contribution >= 4 is 29.1 Å². The van der Waals surface area contributed by atoms with E-state index in [-0.39, 0.29) is 22.3 Å². The number of allylic oxidation sites excluding steroid dienone is 1. The molecule has 11 heteroatoms. The normalized spacial score (nSPS) is 15.4. The molecule has 1 N–H and O–H groups in total. The van der Waals surface area contributed by atoms with Crippen LogP contribution in [-0.2, 0) is 9.53 Å². The summed E-state index contributed by atoms with van der Waals surface area (Å²) in [6.45, 7) is 3.50. The number of aromatic hydroxyl groups is 1. The number of rotatable bonds is 6. The Hall–Kier alpha value is -4.25. The Morgan fingerprint density at radius 3 is 2.71 bits per heavy atom. The van der Waals surface area contributed by atoms with E-state index in [1.165, 1.54) is 36.0 Å². The highest BCUT2D eigenvalue weighted by Gasteiger charge is 2.35. The van der Waals surface area contributed by atoms with Crippen molar-refractivity contribution in [3.05, 3.63) is 94.7 Å². The van der Waals surface area contributed by atoms with Gasteiger partial charge in [0.25, 0.3) is 5.56 Å². The number of methoxy groups -OCH3 is 1. The molecule has 0 aliphatic carbocycles. The SMILES string of the molecule is CCOC(=O)C1=C(C)N=c2sc(=Cc3cccc([N+](=O)[O-])c3O)c(=O)n2C1c1ccccc1OC. The summed E-state index contributed by atoms with van der Waals surface area (Å²) >= 11 is 1.04. The molecule has 10 nitrogen and oxygen atoms in total. The fourth-order valence-corrected chi connectivity index (χ4v) is 4.97. The zero-order valence-corrected chi connectivity index (χ0v) is 19.9. The van der Waals surface area contributed by atoms with Gasteiger partial charge in [-0.1, -0.05) is 41.7 Å². The van der Waals surface area contributed by atoms with E-state index in [2.05, 4.69) is 4.99 Å². The Morgan fingerprint density at radius 2 is 2.03 bits per heavy atom. The first-order chi connectivity index (χ1) is 16.8. The molecule has 1 aliphatic rings. The van der Waals surface area contributed by atoms with E-state index < -0.39 is 33.9 Å². The number of ether oxygens (including phenoxy) is 2. The van der Waals surface area contributed by atoms with Gasteiger partial charge in [-0.05, 0) is 26.0 Å². The standard InChI is InChI=1S/C24H21N3O7S/c1-4-34-23(30)19-13(2)25-24-26(20(19)15-9-5-6-11-17(15)33-3)22(29)18(35-24)12-14-8-7-10-16(21(14)28)27(31)32/h5-12,20,28H,4H2,1-3H3. The van der Waals surface area contributed by atoms with Crippen molar-refractivity contribution in [3.63, 3.8) is 0 Å². The van der Waals surface area contributed by atoms with Crippen LogP contribution in [0.1, 0.15) is 31.0 Å². The molecule has 0 saturated carbocycles. The smallest absolute Gasteiger partial charge is 0.338 e. The molecule has 2 aromatic carbocycles. The second-order valence-electron chi connectivity index (χ2n) is 7.52. The van der Waals surface area contributed by atoms with Gasteiger partial charge in [-0.3, -0.25) is 19.5 Å². The molecule has 2 heterocycles. The molecule has 0 bridgehead atoms. The Kier molecular flexibility index (Phi) is 6.52. The molecule has 0 spiro atoms. The number of para-hydroxylation sites is 2. The van der Waals surface area contributed by atoms with Gasteiger partial charge in [0.1, 0.15) is 11.8 Å². The average molecular weight is 496 g/mol. The van der Waals surface area contributed by atoms with Gasteiger partial charge in [-0.15, -0.1) is 0 Å². The molecule has 0 saturated heterocycles. The molecule has 180 valence electrons. The predicted octanol–water partition coefficient (Wildman–Crippen LogP) is 2.42. The summed E-state index contributed by atoms with van der Waals surface area (Å²) < 4.78 is 12.3. The first kappa shape index (κ1) is 23.9. The number of esters is 1. The van der Waals surface area contributed by atoms with Crippen LogP contribution in [0.3, 0.4) is 0 Å². The highest BCUT2D eigenvalue weighted by atomic mass is 32.1. The summed E-state index contributed by atoms with van der Waals surface area (Å²) in [5.74, 6) is -0.678. The van der Waals surface area contributed by atoms with Gasteiger partial charge in [0.2, 0.25) is 5.75 Å². The third kappa shape index (κ3) is 4.21. The molecule has 1 aliphatic heterocycles. The summed E-state index contributed by atoms with van der Waals surface area (Å²) in [5, 5.41) is 21.5. The lowest BCUT2D eigenvalue weighted by molar-refractivity contribution is -0.385. The van der Waals surface area contributed by atoms with Crippen molar-refractivity contribution in [1.29, 1.82) is 0 Å². The third-order valence-corrected chi connectivity index (χ3v) is 6.46. The number of thiazole rings is 1. The second kappa shape index (κ2) is 9.55. The quantitative estimate of drug-likeness (QED) is 0.315. The monoisotopic (exact) mass is 495 g/mol. The zero-order valence-electron chi connectivity index (χ0n) is 19.0. The van der Waals surface area contributed by atoms with Gasteiger partial charge in [-0.25, -0.2) is 9.79 Å². The number of hydrogen-bond donors (Lipinski definition) is 1. The predicted molar refractivity (Wildman–Crippen MR) is 128 cm³/mol. The van der Waals surface area contributed by atoms with E-state index in [1.807, 2.05) is 0 Å². The number of phenolic OH excluding ortho intramolecular Hbond substituents is 1. The second-order valence-corrected chi connectivity index (χ2v) is 8.53. The minimum absolute atomic E-state index is 0.111. The van der Waals surface area contributed by atoms with Crippen molar-refractivity contribution < 1.29 is 24.3 Å². The molecule has 1 unspecified atom stereocenters. The van der Waals surface area contributed by atoms with Gasteiger partial charge in [0.05, 0.1) is 34.4 Å². The lowest BCUT2D eigenvalue weighted by Gasteiger charge is -2.25. The summed E-state index contributed by atoms with van der Waals surface area (Å²) in [5.41, 5.74) is 0.320. The molecule has 0 amide bonds. The number of benzene rings is 2. The first-order valence-corrected chi connectivity index (χ1v) is 11.4. The van der Waals surface area contributed by atoms with Crippen molar-refractivity contribution in [2.45, 2.75) is 19.9 Å². The fourth-order valence-electron chi connectivity index (χ4n) is 3.93. The van der Waals surface area contributed by atoms with Gasteiger partial charge >= 0.3 is 11.7 Å². The van der Waals surface area contributed by atoms with E-state index in [4.69, 9.17) is 9.47 Å². The minimum Gasteiger partial charge on any atom is -0.502 e. The largest absolute Gasteiger partial charge is 0.502 e. The maximum absolute atomic E-state index is 13.6. The highest BCUT2D eigenvalue weighted by molar-refractivity contribution is 7.07. The van der Waals surface area contributed by atoms with Crippen LogP contribution in [0.5, 0.6) is 11.5 Å². The maximum atomic E-state index is 13.6. The molecule has 0 radical (unpaired) electrons. The molecule has 35 heavy (non-hydrogen) atoms. The van der Waals surface area contributed by atoms with Crippen LogP contribution in [0.15, 0.2) is 63.5 Å². The zero-order chi connectivity index (χ0) is 25.3. The number of nitro benzene ring substituents is 1. The van der Waals surface area contributed by atoms with E-state index in [0.717, 1.165) is 11.3 Å². The Bertz CT molecular complexity index is 1550. The van der Waals surface area contributed by atoms with Crippen LogP contribution in [0, 0.1) is 10.1 Å². The molecule has 1 aromatic heterocycles. The molecule has 4 rings (SSSR count). The third-order valence-electron chi connectivity index (χ3n) is 5.48. The van der Waals surface area contributed by atoms with Crippen LogP contribution in [0.4, 0.5) is 5.69 Å². The lowest BCUT2D eigenvalue weighted by atomic mass is 9.95. The number of nitro groups is 1. The highest BCUT2D eigenvalue weighted by Crippen LogP contribution is 2.35. The number of hydrogen-bond acceptors (Lipinski definition) is 9. The van der Waals surface area contributed by atoms with Crippen molar-refractivity contribution in [1.82, 2.24) is 4.57 Å². The first-order valence-electron chi connectivity index (χ1n) is 10.6. The Morgan fingerprint density at radius 1 is 1.29 bits per heavy atom. The van der Waals surface area contributed by atoms with Crippen LogP contribution in [-0.4, -0.2) is 34.3 Å². The van der Waals surface area contributed by atoms with E-state index in [1.54, 1.807) is 38.1 Å². The van der Waals surface area contributed by atoms with Gasteiger partial charge in [-0.2, -0.15) is 0 Å². The number of nitrogens with zero attached hydrogens (tertiary/aromatic N) is 3. The van der Waals surface area contributed by atoms with Crippen molar-refractivity contribution in [3.8, 4) is 11.5 Å². The molecule has 1 atom stereocenters. The number of phenols is 1. The van der Waals surface area contributed by atoms with E-state index >= 15 is 0 Å². The van der Waals surface area contributed by atoms with Crippen molar-refractivity contribution in [2.75, 3.05) is 13.7 Å². The molecular formula is C24H21N3O7S. The molecule has 3 aromatic rings. The van der Waals surface area contributed by atoms with Gasteiger partial charge < -0.3 is 14.6 Å². The van der Waals surface area contributed by atoms with Crippen molar-refractivity contribution in [2.24, 2.45) is 4.99 Å². The average Bonchev–Trinajstić information content (AvgIpc) is 3.13. The fraction of sp³-hybridized carbons (Fsp3) is 0.208. The number of aromatic nitrogens is 1. The van der Waals surface area contributed by atoms with Crippen LogP contribution in [0.2, 0.25) is 0 Å². The van der Waals surface area contributed by atoms with Gasteiger partial charge in [0, 0.05) is 17.2 Å². The number of carbonyl (C=O) groups is 1. The molecular weight excluding hydrogens is 474 g/mol. The van der Waals surface area contributed by atoms with E-state index in [0.29, 0.717) is 21.8 Å². The molecule has 0 fully saturated rings. The van der Waals surface area contributed by atoms with Crippen LogP contribution >= 0.6 is 11.3 Å². The van der Waals surface area contributed by atoms with Gasteiger partial charge in [0.15, 0.2) is 4.80 Å². The van der Waals surface area contributed by atoms with Crippen LogP contribution < -0.4 is 19.6 Å². The Labute approximate surface area is 202 Å². The summed E-state index contributed by atoms with van der Waals surface area (Å²) in [4.78, 5) is 41.9. The van der Waals surface area contributed by atoms with Crippen LogP contribution in [0.25, 0.3) is 6.08 Å². The number of fused-ring (bicyclic) bond motifs is 1. The summed E-state index contributed by atoms with van der Waals surface area (Å²) in [7, 11) is 1.49. The Balaban J connectivity index is 2.00.